The van der Waals surface area contributed by atoms with Gasteiger partial charge in [0.1, 0.15) is 11.4 Å². The highest BCUT2D eigenvalue weighted by molar-refractivity contribution is 5.91. The van der Waals surface area contributed by atoms with Crippen LogP contribution >= 0.6 is 0 Å². The molecule has 1 heterocycles. The number of alkyl halides is 3. The van der Waals surface area contributed by atoms with Crippen molar-refractivity contribution in [1.29, 1.82) is 0 Å². The first kappa shape index (κ1) is 17.1. The minimum absolute atomic E-state index is 0.157. The number of nitrogens with zero attached hydrogens (tertiary/aromatic N) is 1. The van der Waals surface area contributed by atoms with Crippen LogP contribution in [0.25, 0.3) is 10.9 Å². The molecule has 23 heavy (non-hydrogen) atoms. The Kier molecular flexibility index (Phi) is 4.30. The second kappa shape index (κ2) is 5.77. The van der Waals surface area contributed by atoms with Crippen molar-refractivity contribution in [3.05, 3.63) is 30.0 Å². The molecule has 0 aliphatic rings. The lowest BCUT2D eigenvalue weighted by atomic mass is 10.2. The molecule has 0 saturated carbocycles. The maximum absolute atomic E-state index is 12.3. The van der Waals surface area contributed by atoms with Gasteiger partial charge in [-0.25, -0.2) is 9.36 Å². The van der Waals surface area contributed by atoms with Crippen molar-refractivity contribution in [2.45, 2.75) is 39.3 Å². The number of hydrogen-bond acceptors (Lipinski definition) is 4. The monoisotopic (exact) mass is 331 g/mol. The zero-order valence-electron chi connectivity index (χ0n) is 12.8. The summed E-state index contributed by atoms with van der Waals surface area (Å²) in [5.74, 6) is -0.461. The summed E-state index contributed by atoms with van der Waals surface area (Å²) in [7, 11) is 0. The van der Waals surface area contributed by atoms with Gasteiger partial charge in [0.2, 0.25) is 0 Å². The van der Waals surface area contributed by atoms with E-state index < -0.39 is 30.4 Å². The molecule has 0 bridgehead atoms. The smallest absolute Gasteiger partial charge is 0.443 e. The number of benzene rings is 1. The van der Waals surface area contributed by atoms with Gasteiger partial charge < -0.3 is 14.6 Å². The molecule has 126 valence electrons. The number of fused-ring (bicyclic) bond motifs is 1. The summed E-state index contributed by atoms with van der Waals surface area (Å²) in [4.78, 5) is 12.3. The van der Waals surface area contributed by atoms with Crippen molar-refractivity contribution in [2.24, 2.45) is 0 Å². The molecule has 0 saturated heterocycles. The first-order chi connectivity index (χ1) is 10.5. The third-order valence-electron chi connectivity index (χ3n) is 2.82. The molecule has 0 unspecified atom stereocenters. The maximum atomic E-state index is 12.3. The van der Waals surface area contributed by atoms with E-state index in [9.17, 15) is 23.1 Å². The maximum Gasteiger partial charge on any atom is 0.573 e. The Morgan fingerprint density at radius 1 is 1.22 bits per heavy atom. The fourth-order valence-corrected chi connectivity index (χ4v) is 2.07. The van der Waals surface area contributed by atoms with Gasteiger partial charge >= 0.3 is 12.5 Å². The summed E-state index contributed by atoms with van der Waals surface area (Å²) in [6.45, 7) is 4.51. The number of carbonyl (C=O) groups excluding carboxylic acids is 1. The average molecular weight is 331 g/mol. The molecule has 0 radical (unpaired) electrons. The Bertz CT molecular complexity index is 729. The van der Waals surface area contributed by atoms with Crippen LogP contribution in [0.5, 0.6) is 5.75 Å². The molecule has 1 aromatic heterocycles. The van der Waals surface area contributed by atoms with Crippen LogP contribution in [0.1, 0.15) is 26.5 Å². The lowest BCUT2D eigenvalue weighted by Crippen LogP contribution is -2.28. The van der Waals surface area contributed by atoms with Gasteiger partial charge in [0.05, 0.1) is 17.8 Å². The minimum atomic E-state index is -4.84. The van der Waals surface area contributed by atoms with E-state index in [0.717, 1.165) is 16.7 Å². The SMILES string of the molecule is CC(C)(C)OC(=O)n1c(CO)cc2ccc(OC(F)(F)F)cc21. The predicted octanol–water partition coefficient (Wildman–Crippen LogP) is 3.82. The van der Waals surface area contributed by atoms with Gasteiger partial charge in [-0.15, -0.1) is 13.2 Å². The van der Waals surface area contributed by atoms with Crippen molar-refractivity contribution in [1.82, 2.24) is 4.57 Å². The predicted molar refractivity (Wildman–Crippen MR) is 76.2 cm³/mol. The number of hydrogen-bond donors (Lipinski definition) is 1. The lowest BCUT2D eigenvalue weighted by molar-refractivity contribution is -0.274. The summed E-state index contributed by atoms with van der Waals surface area (Å²) in [6, 6.07) is 5.08. The third-order valence-corrected chi connectivity index (χ3v) is 2.82. The topological polar surface area (TPSA) is 60.7 Å². The first-order valence-electron chi connectivity index (χ1n) is 6.74. The van der Waals surface area contributed by atoms with E-state index in [0.29, 0.717) is 5.39 Å². The minimum Gasteiger partial charge on any atom is -0.443 e. The third kappa shape index (κ3) is 4.16. The highest BCUT2D eigenvalue weighted by Crippen LogP contribution is 2.29. The normalized spacial score (nSPS) is 12.5. The molecule has 5 nitrogen and oxygen atoms in total. The summed E-state index contributed by atoms with van der Waals surface area (Å²) >= 11 is 0. The van der Waals surface area contributed by atoms with E-state index in [1.165, 1.54) is 12.1 Å². The summed E-state index contributed by atoms with van der Waals surface area (Å²) in [5.41, 5.74) is -0.427. The van der Waals surface area contributed by atoms with Crippen LogP contribution in [0.4, 0.5) is 18.0 Å². The molecule has 0 aliphatic heterocycles. The molecule has 0 aliphatic carbocycles. The van der Waals surface area contributed by atoms with Crippen LogP contribution < -0.4 is 4.74 Å². The second-order valence-electron chi connectivity index (χ2n) is 5.88. The Balaban J connectivity index is 2.52. The van der Waals surface area contributed by atoms with E-state index in [2.05, 4.69) is 4.74 Å². The summed E-state index contributed by atoms with van der Waals surface area (Å²) in [5, 5.41) is 9.86. The Hall–Kier alpha value is -2.22. The van der Waals surface area contributed by atoms with Crippen molar-refractivity contribution >= 4 is 17.0 Å². The number of ether oxygens (including phenoxy) is 2. The highest BCUT2D eigenvalue weighted by atomic mass is 19.4. The van der Waals surface area contributed by atoms with Crippen molar-refractivity contribution < 1.29 is 32.5 Å². The van der Waals surface area contributed by atoms with Gasteiger partial charge in [-0.1, -0.05) is 0 Å². The zero-order chi connectivity index (χ0) is 17.4. The van der Waals surface area contributed by atoms with Gasteiger partial charge in [-0.05, 0) is 39.0 Å². The van der Waals surface area contributed by atoms with Crippen LogP contribution in [0.3, 0.4) is 0 Å². The summed E-state index contributed by atoms with van der Waals surface area (Å²) < 4.78 is 47.1. The molecule has 2 aromatic rings. The molecule has 1 N–H and O–H groups in total. The van der Waals surface area contributed by atoms with Gasteiger partial charge in [0, 0.05) is 11.5 Å². The van der Waals surface area contributed by atoms with Gasteiger partial charge in [0.15, 0.2) is 0 Å². The number of aliphatic hydroxyl groups is 1. The number of carbonyl (C=O) groups is 1. The zero-order valence-corrected chi connectivity index (χ0v) is 12.8. The molecule has 0 amide bonds. The van der Waals surface area contributed by atoms with E-state index in [-0.39, 0.29) is 11.2 Å². The quantitative estimate of drug-likeness (QED) is 0.909. The Morgan fingerprint density at radius 2 is 1.87 bits per heavy atom. The number of halogens is 3. The average Bonchev–Trinajstić information content (AvgIpc) is 2.72. The Morgan fingerprint density at radius 3 is 2.39 bits per heavy atom. The van der Waals surface area contributed by atoms with Gasteiger partial charge in [-0.2, -0.15) is 0 Å². The van der Waals surface area contributed by atoms with Crippen molar-refractivity contribution in [3.63, 3.8) is 0 Å². The highest BCUT2D eigenvalue weighted by Gasteiger charge is 2.31. The number of rotatable bonds is 2. The molecule has 0 spiro atoms. The van der Waals surface area contributed by atoms with E-state index >= 15 is 0 Å². The molecular formula is C15H16F3NO4. The summed E-state index contributed by atoms with van der Waals surface area (Å²) in [6.07, 6.45) is -5.63. The standard InChI is InChI=1S/C15H16F3NO4/c1-14(2,3)23-13(21)19-10(8-20)6-9-4-5-11(7-12(9)19)22-15(16,17)18/h4-7,20H,8H2,1-3H3. The van der Waals surface area contributed by atoms with Crippen molar-refractivity contribution in [3.8, 4) is 5.75 Å². The van der Waals surface area contributed by atoms with Gasteiger partial charge in [-0.3, -0.25) is 0 Å². The molecule has 0 fully saturated rings. The first-order valence-corrected chi connectivity index (χ1v) is 6.74. The molecule has 8 heteroatoms. The number of aliphatic hydroxyl groups excluding tert-OH is 1. The largest absolute Gasteiger partial charge is 0.573 e. The fraction of sp³-hybridized carbons (Fsp3) is 0.400. The second-order valence-corrected chi connectivity index (χ2v) is 5.88. The fourth-order valence-electron chi connectivity index (χ4n) is 2.07. The van der Waals surface area contributed by atoms with Crippen LogP contribution in [0.15, 0.2) is 24.3 Å². The molecule has 2 rings (SSSR count). The molecule has 1 aromatic carbocycles. The van der Waals surface area contributed by atoms with Crippen molar-refractivity contribution in [2.75, 3.05) is 0 Å². The van der Waals surface area contributed by atoms with E-state index in [1.807, 2.05) is 0 Å². The molecular weight excluding hydrogens is 315 g/mol. The Labute approximate surface area is 130 Å². The van der Waals surface area contributed by atoms with E-state index in [1.54, 1.807) is 20.8 Å². The lowest BCUT2D eigenvalue weighted by Gasteiger charge is -2.20. The van der Waals surface area contributed by atoms with Crippen LogP contribution in [-0.4, -0.2) is 27.7 Å². The van der Waals surface area contributed by atoms with Crippen LogP contribution in [-0.2, 0) is 11.3 Å². The van der Waals surface area contributed by atoms with Gasteiger partial charge in [0.25, 0.3) is 0 Å². The molecule has 0 atom stereocenters. The van der Waals surface area contributed by atoms with Crippen LogP contribution in [0, 0.1) is 0 Å². The number of aromatic nitrogens is 1. The van der Waals surface area contributed by atoms with Crippen LogP contribution in [0.2, 0.25) is 0 Å². The van der Waals surface area contributed by atoms with E-state index in [4.69, 9.17) is 4.74 Å².